The number of hydrogen-bond donors (Lipinski definition) is 1. The first kappa shape index (κ1) is 17.0. The molecule has 0 aliphatic carbocycles. The van der Waals surface area contributed by atoms with Crippen LogP contribution in [0.1, 0.15) is 19.8 Å². The number of benzene rings is 1. The van der Waals surface area contributed by atoms with Crippen molar-refractivity contribution in [2.45, 2.75) is 31.8 Å². The molecule has 2 aliphatic rings. The third-order valence-corrected chi connectivity index (χ3v) is 4.72. The number of anilines is 1. The molecule has 0 spiro atoms. The summed E-state index contributed by atoms with van der Waals surface area (Å²) in [6.07, 6.45) is 1.56. The highest BCUT2D eigenvalue weighted by Gasteiger charge is 2.29. The van der Waals surface area contributed by atoms with Crippen molar-refractivity contribution in [1.82, 2.24) is 10.2 Å². The van der Waals surface area contributed by atoms with E-state index in [4.69, 9.17) is 4.74 Å². The standard InChI is InChI=1S/C17H23F2N3O2/c1-12-5-8-24-9-7-22(12)17(23)20-14-4-6-21(11-14)16-3-2-13(18)10-15(16)19/h2-3,10,12,14H,4-9,11H2,1H3,(H,20,23)/t12-,14-/m0/s1. The summed E-state index contributed by atoms with van der Waals surface area (Å²) in [5.41, 5.74) is 0.379. The van der Waals surface area contributed by atoms with Gasteiger partial charge in [0.25, 0.3) is 0 Å². The summed E-state index contributed by atoms with van der Waals surface area (Å²) in [6.45, 7) is 4.97. The van der Waals surface area contributed by atoms with Crippen LogP contribution in [0, 0.1) is 11.6 Å². The molecule has 0 saturated carbocycles. The third kappa shape index (κ3) is 3.77. The maximum absolute atomic E-state index is 13.9. The molecule has 1 aromatic rings. The fraction of sp³-hybridized carbons (Fsp3) is 0.588. The lowest BCUT2D eigenvalue weighted by atomic mass is 10.2. The Morgan fingerprint density at radius 2 is 2.08 bits per heavy atom. The van der Waals surface area contributed by atoms with Gasteiger partial charge in [-0.05, 0) is 31.9 Å². The first-order valence-electron chi connectivity index (χ1n) is 8.39. The van der Waals surface area contributed by atoms with E-state index in [9.17, 15) is 13.6 Å². The first-order valence-corrected chi connectivity index (χ1v) is 8.39. The SMILES string of the molecule is C[C@H]1CCOCCN1C(=O)N[C@H]1CCN(c2ccc(F)cc2F)C1. The van der Waals surface area contributed by atoms with Crippen LogP contribution >= 0.6 is 0 Å². The monoisotopic (exact) mass is 339 g/mol. The van der Waals surface area contributed by atoms with E-state index in [0.717, 1.165) is 18.9 Å². The zero-order valence-corrected chi connectivity index (χ0v) is 13.8. The van der Waals surface area contributed by atoms with Gasteiger partial charge in [-0.15, -0.1) is 0 Å². The highest BCUT2D eigenvalue weighted by Crippen LogP contribution is 2.24. The van der Waals surface area contributed by atoms with Crippen LogP contribution < -0.4 is 10.2 Å². The Hall–Kier alpha value is -1.89. The molecule has 0 radical (unpaired) electrons. The number of nitrogens with one attached hydrogen (secondary N) is 1. The van der Waals surface area contributed by atoms with Crippen LogP contribution in [0.3, 0.4) is 0 Å². The Morgan fingerprint density at radius 1 is 1.25 bits per heavy atom. The maximum Gasteiger partial charge on any atom is 0.317 e. The molecule has 2 heterocycles. The van der Waals surface area contributed by atoms with Gasteiger partial charge in [0.2, 0.25) is 0 Å². The molecule has 2 aliphatic heterocycles. The summed E-state index contributed by atoms with van der Waals surface area (Å²) in [5.74, 6) is -1.15. The molecule has 5 nitrogen and oxygen atoms in total. The van der Waals surface area contributed by atoms with E-state index in [0.29, 0.717) is 38.5 Å². The Morgan fingerprint density at radius 3 is 2.88 bits per heavy atom. The summed E-state index contributed by atoms with van der Waals surface area (Å²) in [5, 5.41) is 3.03. The van der Waals surface area contributed by atoms with E-state index in [1.165, 1.54) is 12.1 Å². The summed E-state index contributed by atoms with van der Waals surface area (Å²) < 4.78 is 32.3. The van der Waals surface area contributed by atoms with Crippen LogP contribution in [0.2, 0.25) is 0 Å². The largest absolute Gasteiger partial charge is 0.380 e. The lowest BCUT2D eigenvalue weighted by molar-refractivity contribution is 0.141. The Balaban J connectivity index is 1.58. The quantitative estimate of drug-likeness (QED) is 0.900. The lowest BCUT2D eigenvalue weighted by Crippen LogP contribution is -2.49. The molecule has 0 unspecified atom stereocenters. The molecule has 1 N–H and O–H groups in total. The van der Waals surface area contributed by atoms with Gasteiger partial charge in [-0.2, -0.15) is 0 Å². The van der Waals surface area contributed by atoms with Crippen molar-refractivity contribution in [3.05, 3.63) is 29.8 Å². The Kier molecular flexibility index (Phi) is 5.18. The molecule has 2 atom stereocenters. The first-order chi connectivity index (χ1) is 11.5. The van der Waals surface area contributed by atoms with E-state index in [-0.39, 0.29) is 18.1 Å². The van der Waals surface area contributed by atoms with Gasteiger partial charge in [0, 0.05) is 44.4 Å². The van der Waals surface area contributed by atoms with Gasteiger partial charge in [-0.3, -0.25) is 0 Å². The molecule has 2 saturated heterocycles. The highest BCUT2D eigenvalue weighted by molar-refractivity contribution is 5.75. The van der Waals surface area contributed by atoms with E-state index >= 15 is 0 Å². The topological polar surface area (TPSA) is 44.8 Å². The second-order valence-corrected chi connectivity index (χ2v) is 6.42. The maximum atomic E-state index is 13.9. The van der Waals surface area contributed by atoms with Gasteiger partial charge in [0.05, 0.1) is 12.3 Å². The molecule has 1 aromatic carbocycles. The number of halogens is 2. The predicted octanol–water partition coefficient (Wildman–Crippen LogP) is 2.36. The second-order valence-electron chi connectivity index (χ2n) is 6.42. The van der Waals surface area contributed by atoms with Crippen LogP contribution in [0.15, 0.2) is 18.2 Å². The van der Waals surface area contributed by atoms with Crippen molar-refractivity contribution >= 4 is 11.7 Å². The van der Waals surface area contributed by atoms with Crippen LogP contribution in [0.25, 0.3) is 0 Å². The third-order valence-electron chi connectivity index (χ3n) is 4.72. The average molecular weight is 339 g/mol. The molecular weight excluding hydrogens is 316 g/mol. The lowest BCUT2D eigenvalue weighted by Gasteiger charge is -2.28. The van der Waals surface area contributed by atoms with Gasteiger partial charge in [-0.25, -0.2) is 13.6 Å². The fourth-order valence-corrected chi connectivity index (χ4v) is 3.29. The van der Waals surface area contributed by atoms with E-state index < -0.39 is 11.6 Å². The van der Waals surface area contributed by atoms with Gasteiger partial charge < -0.3 is 19.9 Å². The van der Waals surface area contributed by atoms with Crippen molar-refractivity contribution in [3.8, 4) is 0 Å². The number of nitrogens with zero attached hydrogens (tertiary/aromatic N) is 2. The number of urea groups is 1. The molecule has 24 heavy (non-hydrogen) atoms. The number of carbonyl (C=O) groups is 1. The molecule has 3 rings (SSSR count). The summed E-state index contributed by atoms with van der Waals surface area (Å²) in [7, 11) is 0. The smallest absolute Gasteiger partial charge is 0.317 e. The molecule has 2 amide bonds. The molecule has 7 heteroatoms. The minimum atomic E-state index is -0.585. The van der Waals surface area contributed by atoms with E-state index in [2.05, 4.69) is 5.32 Å². The Labute approximate surface area is 140 Å². The zero-order chi connectivity index (χ0) is 17.1. The van der Waals surface area contributed by atoms with Crippen LogP contribution in [-0.2, 0) is 4.74 Å². The second kappa shape index (κ2) is 7.34. The molecule has 132 valence electrons. The highest BCUT2D eigenvalue weighted by atomic mass is 19.1. The number of carbonyl (C=O) groups excluding carboxylic acids is 1. The zero-order valence-electron chi connectivity index (χ0n) is 13.8. The van der Waals surface area contributed by atoms with Gasteiger partial charge in [0.15, 0.2) is 0 Å². The predicted molar refractivity (Wildman–Crippen MR) is 87.1 cm³/mol. The number of ether oxygens (including phenoxy) is 1. The van der Waals surface area contributed by atoms with Crippen LogP contribution in [0.4, 0.5) is 19.3 Å². The minimum absolute atomic E-state index is 0.0432. The van der Waals surface area contributed by atoms with Crippen molar-refractivity contribution in [2.24, 2.45) is 0 Å². The summed E-state index contributed by atoms with van der Waals surface area (Å²) in [6, 6.07) is 3.59. The Bertz CT molecular complexity index is 599. The average Bonchev–Trinajstić information content (AvgIpc) is 2.87. The number of hydrogen-bond acceptors (Lipinski definition) is 3. The number of rotatable bonds is 2. The van der Waals surface area contributed by atoms with Gasteiger partial charge >= 0.3 is 6.03 Å². The summed E-state index contributed by atoms with van der Waals surface area (Å²) >= 11 is 0. The molecule has 0 bridgehead atoms. The van der Waals surface area contributed by atoms with Crippen molar-refractivity contribution in [2.75, 3.05) is 37.7 Å². The minimum Gasteiger partial charge on any atom is -0.380 e. The molecule has 2 fully saturated rings. The van der Waals surface area contributed by atoms with Crippen LogP contribution in [-0.4, -0.2) is 55.9 Å². The van der Waals surface area contributed by atoms with Crippen molar-refractivity contribution < 1.29 is 18.3 Å². The van der Waals surface area contributed by atoms with Crippen molar-refractivity contribution in [3.63, 3.8) is 0 Å². The van der Waals surface area contributed by atoms with Gasteiger partial charge in [0.1, 0.15) is 11.6 Å². The molecular formula is C17H23F2N3O2. The number of amides is 2. The van der Waals surface area contributed by atoms with E-state index in [1.807, 2.05) is 11.8 Å². The molecule has 0 aromatic heterocycles. The van der Waals surface area contributed by atoms with Crippen molar-refractivity contribution in [1.29, 1.82) is 0 Å². The van der Waals surface area contributed by atoms with Crippen LogP contribution in [0.5, 0.6) is 0 Å². The summed E-state index contributed by atoms with van der Waals surface area (Å²) in [4.78, 5) is 16.1. The van der Waals surface area contributed by atoms with E-state index in [1.54, 1.807) is 4.90 Å². The van der Waals surface area contributed by atoms with Gasteiger partial charge in [-0.1, -0.05) is 0 Å². The normalized spacial score (nSPS) is 24.8. The fourth-order valence-electron chi connectivity index (χ4n) is 3.29.